The fourth-order valence-corrected chi connectivity index (χ4v) is 2.79. The Labute approximate surface area is 175 Å². The van der Waals surface area contributed by atoms with Crippen LogP contribution < -0.4 is 19.5 Å². The maximum absolute atomic E-state index is 12.1. The Morgan fingerprint density at radius 3 is 2.20 bits per heavy atom. The van der Waals surface area contributed by atoms with E-state index in [1.54, 1.807) is 56.7 Å². The first-order valence-electron chi connectivity index (χ1n) is 9.28. The number of carbonyl (C=O) groups is 1. The molecule has 7 heteroatoms. The number of aryl methyl sites for hydroxylation is 2. The zero-order valence-corrected chi connectivity index (χ0v) is 17.3. The van der Waals surface area contributed by atoms with Crippen molar-refractivity contribution in [1.82, 2.24) is 9.97 Å². The average molecular weight is 405 g/mol. The zero-order chi connectivity index (χ0) is 21.5. The van der Waals surface area contributed by atoms with E-state index in [0.717, 1.165) is 22.6 Å². The van der Waals surface area contributed by atoms with Crippen LogP contribution >= 0.6 is 0 Å². The molecule has 2 aromatic carbocycles. The van der Waals surface area contributed by atoms with E-state index < -0.39 is 5.97 Å². The normalized spacial score (nSPS) is 10.7. The molecule has 0 aliphatic heterocycles. The van der Waals surface area contributed by atoms with Gasteiger partial charge in [0.2, 0.25) is 5.95 Å². The van der Waals surface area contributed by atoms with Crippen LogP contribution in [0.5, 0.6) is 17.2 Å². The first-order valence-corrected chi connectivity index (χ1v) is 9.28. The van der Waals surface area contributed by atoms with Crippen LogP contribution in [-0.4, -0.2) is 30.2 Å². The maximum atomic E-state index is 12.1. The minimum absolute atomic E-state index is 0.434. The summed E-state index contributed by atoms with van der Waals surface area (Å²) in [7, 11) is 3.13. The molecule has 1 heterocycles. The molecule has 0 bridgehead atoms. The standard InChI is InChI=1S/C23H23N3O4/c1-15-13-16(2)25-23(24-15)26-18-7-9-19(10-8-18)30-22(27)12-6-17-5-11-20(28-3)21(14-17)29-4/h5-14H,1-4H3,(H,24,25,26)/b12-6+. The van der Waals surface area contributed by atoms with E-state index in [-0.39, 0.29) is 0 Å². The van der Waals surface area contributed by atoms with Crippen molar-refractivity contribution in [3.05, 3.63) is 71.6 Å². The van der Waals surface area contributed by atoms with Crippen molar-refractivity contribution >= 4 is 23.7 Å². The molecule has 0 atom stereocenters. The minimum Gasteiger partial charge on any atom is -0.493 e. The number of methoxy groups -OCH3 is 2. The lowest BCUT2D eigenvalue weighted by molar-refractivity contribution is -0.128. The number of benzene rings is 2. The molecular formula is C23H23N3O4. The van der Waals surface area contributed by atoms with Crippen molar-refractivity contribution < 1.29 is 19.0 Å². The number of esters is 1. The van der Waals surface area contributed by atoms with Gasteiger partial charge < -0.3 is 19.5 Å². The number of rotatable bonds is 7. The lowest BCUT2D eigenvalue weighted by Crippen LogP contribution is -2.04. The molecule has 7 nitrogen and oxygen atoms in total. The van der Waals surface area contributed by atoms with Gasteiger partial charge in [-0.25, -0.2) is 14.8 Å². The van der Waals surface area contributed by atoms with E-state index in [9.17, 15) is 4.79 Å². The summed E-state index contributed by atoms with van der Waals surface area (Å²) in [5.41, 5.74) is 3.35. The topological polar surface area (TPSA) is 82.6 Å². The number of carbonyl (C=O) groups excluding carboxylic acids is 1. The summed E-state index contributed by atoms with van der Waals surface area (Å²) in [6, 6.07) is 14.3. The molecule has 0 fully saturated rings. The van der Waals surface area contributed by atoms with Gasteiger partial charge in [-0.15, -0.1) is 0 Å². The predicted octanol–water partition coefficient (Wildman–Crippen LogP) is 4.47. The third-order valence-corrected chi connectivity index (χ3v) is 4.13. The van der Waals surface area contributed by atoms with Crippen molar-refractivity contribution in [2.45, 2.75) is 13.8 Å². The fourth-order valence-electron chi connectivity index (χ4n) is 2.79. The molecular weight excluding hydrogens is 382 g/mol. The number of nitrogens with zero attached hydrogens (tertiary/aromatic N) is 2. The van der Waals surface area contributed by atoms with Crippen molar-refractivity contribution in [2.24, 2.45) is 0 Å². The number of anilines is 2. The van der Waals surface area contributed by atoms with Crippen LogP contribution in [0.25, 0.3) is 6.08 Å². The molecule has 3 aromatic rings. The van der Waals surface area contributed by atoms with Crippen LogP contribution in [0.3, 0.4) is 0 Å². The van der Waals surface area contributed by atoms with Crippen molar-refractivity contribution in [1.29, 1.82) is 0 Å². The van der Waals surface area contributed by atoms with Crippen molar-refractivity contribution in [3.63, 3.8) is 0 Å². The van der Waals surface area contributed by atoms with Crippen LogP contribution in [0, 0.1) is 13.8 Å². The highest BCUT2D eigenvalue weighted by Crippen LogP contribution is 2.28. The second-order valence-electron chi connectivity index (χ2n) is 6.49. The third kappa shape index (κ3) is 5.57. The van der Waals surface area contributed by atoms with Gasteiger partial charge in [0, 0.05) is 23.2 Å². The van der Waals surface area contributed by atoms with Crippen molar-refractivity contribution in [3.8, 4) is 17.2 Å². The van der Waals surface area contributed by atoms with Crippen LogP contribution in [0.15, 0.2) is 54.6 Å². The predicted molar refractivity (Wildman–Crippen MR) is 115 cm³/mol. The second-order valence-corrected chi connectivity index (χ2v) is 6.49. The lowest BCUT2D eigenvalue weighted by Gasteiger charge is -2.08. The van der Waals surface area contributed by atoms with Crippen LogP contribution in [-0.2, 0) is 4.79 Å². The molecule has 0 aliphatic rings. The number of ether oxygens (including phenoxy) is 3. The van der Waals surface area contributed by atoms with Crippen molar-refractivity contribution in [2.75, 3.05) is 19.5 Å². The molecule has 0 aliphatic carbocycles. The van der Waals surface area contributed by atoms with E-state index in [0.29, 0.717) is 23.2 Å². The Morgan fingerprint density at radius 2 is 1.57 bits per heavy atom. The van der Waals surface area contributed by atoms with Gasteiger partial charge in [-0.1, -0.05) is 6.07 Å². The molecule has 0 saturated heterocycles. The third-order valence-electron chi connectivity index (χ3n) is 4.13. The van der Waals surface area contributed by atoms with Crippen LogP contribution in [0.1, 0.15) is 17.0 Å². The minimum atomic E-state index is -0.483. The molecule has 154 valence electrons. The average Bonchev–Trinajstić information content (AvgIpc) is 2.72. The summed E-state index contributed by atoms with van der Waals surface area (Å²) in [5, 5.41) is 3.13. The van der Waals surface area contributed by atoms with Gasteiger partial charge in [0.25, 0.3) is 0 Å². The van der Waals surface area contributed by atoms with E-state index in [4.69, 9.17) is 14.2 Å². The molecule has 0 radical (unpaired) electrons. The highest BCUT2D eigenvalue weighted by molar-refractivity contribution is 5.88. The van der Waals surface area contributed by atoms with Gasteiger partial charge in [-0.2, -0.15) is 0 Å². The molecule has 0 spiro atoms. The summed E-state index contributed by atoms with van der Waals surface area (Å²) in [5.74, 6) is 1.68. The van der Waals surface area contributed by atoms with E-state index in [1.165, 1.54) is 6.08 Å². The van der Waals surface area contributed by atoms with Gasteiger partial charge >= 0.3 is 5.97 Å². The molecule has 30 heavy (non-hydrogen) atoms. The first kappa shape index (κ1) is 20.9. The summed E-state index contributed by atoms with van der Waals surface area (Å²) in [6.07, 6.45) is 3.01. The zero-order valence-electron chi connectivity index (χ0n) is 17.3. The first-order chi connectivity index (χ1) is 14.5. The fraction of sp³-hybridized carbons (Fsp3) is 0.174. The van der Waals surface area contributed by atoms with Gasteiger partial charge in [-0.3, -0.25) is 0 Å². The summed E-state index contributed by atoms with van der Waals surface area (Å²) < 4.78 is 15.8. The van der Waals surface area contributed by atoms with Gasteiger partial charge in [-0.05, 0) is 68.0 Å². The van der Waals surface area contributed by atoms with E-state index in [1.807, 2.05) is 26.0 Å². The number of nitrogens with one attached hydrogen (secondary N) is 1. The highest BCUT2D eigenvalue weighted by atomic mass is 16.5. The monoisotopic (exact) mass is 405 g/mol. The summed E-state index contributed by atoms with van der Waals surface area (Å²) in [6.45, 7) is 3.83. The van der Waals surface area contributed by atoms with Gasteiger partial charge in [0.05, 0.1) is 14.2 Å². The number of hydrogen-bond acceptors (Lipinski definition) is 7. The summed E-state index contributed by atoms with van der Waals surface area (Å²) in [4.78, 5) is 20.8. The molecule has 1 N–H and O–H groups in total. The highest BCUT2D eigenvalue weighted by Gasteiger charge is 2.05. The lowest BCUT2D eigenvalue weighted by atomic mass is 10.2. The summed E-state index contributed by atoms with van der Waals surface area (Å²) >= 11 is 0. The van der Waals surface area contributed by atoms with Gasteiger partial charge in [0.15, 0.2) is 11.5 Å². The van der Waals surface area contributed by atoms with Crippen LogP contribution in [0.4, 0.5) is 11.6 Å². The largest absolute Gasteiger partial charge is 0.493 e. The van der Waals surface area contributed by atoms with E-state index >= 15 is 0 Å². The van der Waals surface area contributed by atoms with Crippen LogP contribution in [0.2, 0.25) is 0 Å². The molecule has 0 unspecified atom stereocenters. The Bertz CT molecular complexity index is 1040. The SMILES string of the molecule is COc1ccc(/C=C/C(=O)Oc2ccc(Nc3nc(C)cc(C)n3)cc2)cc1OC. The Morgan fingerprint density at radius 1 is 0.900 bits per heavy atom. The van der Waals surface area contributed by atoms with E-state index in [2.05, 4.69) is 15.3 Å². The van der Waals surface area contributed by atoms with Gasteiger partial charge in [0.1, 0.15) is 5.75 Å². The Hall–Kier alpha value is -3.87. The number of aromatic nitrogens is 2. The molecule has 3 rings (SSSR count). The molecule has 0 saturated carbocycles. The second kappa shape index (κ2) is 9.56. The Kier molecular flexibility index (Phi) is 6.64. The maximum Gasteiger partial charge on any atom is 0.336 e. The Balaban J connectivity index is 1.61. The number of hydrogen-bond donors (Lipinski definition) is 1. The quantitative estimate of drug-likeness (QED) is 0.353. The molecule has 0 amide bonds. The smallest absolute Gasteiger partial charge is 0.336 e. The molecule has 1 aromatic heterocycles.